The quantitative estimate of drug-likeness (QED) is 0.644. The van der Waals surface area contributed by atoms with Crippen molar-refractivity contribution in [3.05, 3.63) is 46.9 Å². The highest BCUT2D eigenvalue weighted by Gasteiger charge is 2.31. The van der Waals surface area contributed by atoms with Gasteiger partial charge in [-0.25, -0.2) is 0 Å². The van der Waals surface area contributed by atoms with E-state index in [4.69, 9.17) is 4.52 Å². The first-order chi connectivity index (χ1) is 14.2. The highest BCUT2D eigenvalue weighted by Crippen LogP contribution is 2.29. The normalized spacial score (nSPS) is 14.0. The Kier molecular flexibility index (Phi) is 4.96. The van der Waals surface area contributed by atoms with Crippen molar-refractivity contribution < 1.29 is 27.2 Å². The van der Waals surface area contributed by atoms with Gasteiger partial charge in [0.25, 0.3) is 5.89 Å². The summed E-state index contributed by atoms with van der Waals surface area (Å²) in [6.45, 7) is 2.57. The second-order valence-electron chi connectivity index (χ2n) is 6.98. The van der Waals surface area contributed by atoms with Crippen molar-refractivity contribution in [2.75, 3.05) is 6.54 Å². The summed E-state index contributed by atoms with van der Waals surface area (Å²) in [6, 6.07) is 5.29. The molecule has 0 fully saturated rings. The van der Waals surface area contributed by atoms with Crippen molar-refractivity contribution in [3.63, 3.8) is 0 Å². The number of carbonyl (C=O) groups is 1. The van der Waals surface area contributed by atoms with E-state index in [1.165, 1.54) is 24.3 Å². The van der Waals surface area contributed by atoms with Crippen molar-refractivity contribution in [1.82, 2.24) is 24.8 Å². The average molecular weight is 421 g/mol. The van der Waals surface area contributed by atoms with Gasteiger partial charge < -0.3 is 14.2 Å². The fourth-order valence-corrected chi connectivity index (χ4v) is 3.47. The molecule has 11 heteroatoms. The number of amides is 1. The Labute approximate surface area is 169 Å². The first-order valence-electron chi connectivity index (χ1n) is 9.17. The van der Waals surface area contributed by atoms with Crippen molar-refractivity contribution >= 4 is 5.91 Å². The molecule has 1 amide bonds. The summed E-state index contributed by atoms with van der Waals surface area (Å²) in [5.74, 6) is 0.336. The molecule has 1 aliphatic heterocycles. The average Bonchev–Trinajstić information content (AvgIpc) is 3.25. The predicted molar refractivity (Wildman–Crippen MR) is 97.2 cm³/mol. The number of alkyl halides is 3. The van der Waals surface area contributed by atoms with Crippen LogP contribution in [0, 0.1) is 6.92 Å². The number of halogens is 3. The lowest BCUT2D eigenvalue weighted by atomic mass is 10.0. The number of ether oxygens (including phenoxy) is 1. The third-order valence-electron chi connectivity index (χ3n) is 4.84. The van der Waals surface area contributed by atoms with Crippen LogP contribution < -0.4 is 4.74 Å². The molecule has 2 aromatic heterocycles. The minimum Gasteiger partial charge on any atom is -0.406 e. The molecule has 0 bridgehead atoms. The van der Waals surface area contributed by atoms with E-state index in [9.17, 15) is 18.0 Å². The third-order valence-corrected chi connectivity index (χ3v) is 4.84. The molecule has 1 aromatic carbocycles. The van der Waals surface area contributed by atoms with Crippen LogP contribution in [0.4, 0.5) is 13.2 Å². The monoisotopic (exact) mass is 421 g/mol. The summed E-state index contributed by atoms with van der Waals surface area (Å²) < 4.78 is 47.7. The van der Waals surface area contributed by atoms with Crippen molar-refractivity contribution in [2.45, 2.75) is 32.7 Å². The molecular weight excluding hydrogens is 403 g/mol. The van der Waals surface area contributed by atoms with E-state index in [2.05, 4.69) is 20.0 Å². The van der Waals surface area contributed by atoms with Crippen LogP contribution in [-0.2, 0) is 31.2 Å². The van der Waals surface area contributed by atoms with Gasteiger partial charge in [0.1, 0.15) is 5.75 Å². The molecule has 8 nitrogen and oxygen atoms in total. The summed E-state index contributed by atoms with van der Waals surface area (Å²) >= 11 is 0. The molecule has 0 unspecified atom stereocenters. The van der Waals surface area contributed by atoms with Gasteiger partial charge >= 0.3 is 6.36 Å². The smallest absolute Gasteiger partial charge is 0.406 e. The zero-order chi connectivity index (χ0) is 21.5. The molecule has 0 N–H and O–H groups in total. The molecule has 3 heterocycles. The predicted octanol–water partition coefficient (Wildman–Crippen LogP) is 2.80. The maximum atomic E-state index is 12.8. The molecule has 0 saturated carbocycles. The summed E-state index contributed by atoms with van der Waals surface area (Å²) in [7, 11) is 1.83. The van der Waals surface area contributed by atoms with Gasteiger partial charge in [0.15, 0.2) is 11.5 Å². The summed E-state index contributed by atoms with van der Waals surface area (Å²) in [5.41, 5.74) is 3.01. The van der Waals surface area contributed by atoms with E-state index in [1.807, 2.05) is 7.05 Å². The zero-order valence-electron chi connectivity index (χ0n) is 16.2. The van der Waals surface area contributed by atoms with Crippen molar-refractivity contribution in [1.29, 1.82) is 0 Å². The highest BCUT2D eigenvalue weighted by molar-refractivity contribution is 5.79. The molecule has 4 rings (SSSR count). The van der Waals surface area contributed by atoms with Crippen LogP contribution in [0.15, 0.2) is 28.8 Å². The van der Waals surface area contributed by atoms with Gasteiger partial charge in [-0.2, -0.15) is 10.1 Å². The lowest BCUT2D eigenvalue weighted by molar-refractivity contribution is -0.274. The van der Waals surface area contributed by atoms with Crippen molar-refractivity contribution in [3.8, 4) is 17.3 Å². The van der Waals surface area contributed by atoms with E-state index >= 15 is 0 Å². The Morgan fingerprint density at radius 2 is 2.00 bits per heavy atom. The Hall–Kier alpha value is -3.37. The third kappa shape index (κ3) is 4.14. The van der Waals surface area contributed by atoms with Gasteiger partial charge in [-0.1, -0.05) is 17.3 Å². The maximum absolute atomic E-state index is 12.8. The minimum atomic E-state index is -4.75. The van der Waals surface area contributed by atoms with Gasteiger partial charge in [-0.05, 0) is 24.6 Å². The van der Waals surface area contributed by atoms with Gasteiger partial charge in [-0.3, -0.25) is 9.48 Å². The zero-order valence-corrected chi connectivity index (χ0v) is 16.2. The molecule has 1 aliphatic rings. The first kappa shape index (κ1) is 19.9. The van der Waals surface area contributed by atoms with Gasteiger partial charge in [0.2, 0.25) is 5.91 Å². The van der Waals surface area contributed by atoms with Crippen LogP contribution >= 0.6 is 0 Å². The van der Waals surface area contributed by atoms with E-state index < -0.39 is 6.36 Å². The second-order valence-corrected chi connectivity index (χ2v) is 6.98. The molecule has 3 aromatic rings. The van der Waals surface area contributed by atoms with E-state index in [0.717, 1.165) is 11.3 Å². The van der Waals surface area contributed by atoms with Gasteiger partial charge in [0.05, 0.1) is 6.42 Å². The minimum absolute atomic E-state index is 0.0664. The second kappa shape index (κ2) is 7.47. The van der Waals surface area contributed by atoms with Crippen LogP contribution in [0.1, 0.15) is 22.6 Å². The Balaban J connectivity index is 1.47. The number of fused-ring (bicyclic) bond motifs is 1. The van der Waals surface area contributed by atoms with Crippen LogP contribution in [0.25, 0.3) is 11.6 Å². The van der Waals surface area contributed by atoms with Crippen LogP contribution in [-0.4, -0.2) is 43.6 Å². The Morgan fingerprint density at radius 3 is 2.63 bits per heavy atom. The molecule has 0 spiro atoms. The maximum Gasteiger partial charge on any atom is 0.573 e. The number of nitrogens with zero attached hydrogens (tertiary/aromatic N) is 5. The number of hydrogen-bond donors (Lipinski definition) is 0. The van der Waals surface area contributed by atoms with E-state index in [0.29, 0.717) is 42.5 Å². The molecule has 0 saturated heterocycles. The van der Waals surface area contributed by atoms with Crippen LogP contribution in [0.2, 0.25) is 0 Å². The lowest BCUT2D eigenvalue weighted by Gasteiger charge is -2.27. The topological polar surface area (TPSA) is 86.3 Å². The number of aromatic nitrogens is 4. The summed E-state index contributed by atoms with van der Waals surface area (Å²) in [5, 5.41) is 8.26. The number of carbonyl (C=O) groups excluding carboxylic acids is 1. The van der Waals surface area contributed by atoms with Gasteiger partial charge in [0, 0.05) is 37.8 Å². The SMILES string of the molecule is Cc1noc(-c2nn(C)c3c2CN(C(=O)Cc2ccc(OC(F)(F)F)cc2)CC3)n1. The number of hydrogen-bond acceptors (Lipinski definition) is 6. The van der Waals surface area contributed by atoms with Gasteiger partial charge in [-0.15, -0.1) is 13.2 Å². The number of rotatable bonds is 4. The van der Waals surface area contributed by atoms with E-state index in [-0.39, 0.29) is 18.1 Å². The van der Waals surface area contributed by atoms with Crippen molar-refractivity contribution in [2.24, 2.45) is 7.05 Å². The number of aryl methyl sites for hydroxylation is 2. The fourth-order valence-electron chi connectivity index (χ4n) is 3.47. The molecule has 30 heavy (non-hydrogen) atoms. The van der Waals surface area contributed by atoms with Crippen LogP contribution in [0.3, 0.4) is 0 Å². The summed E-state index contributed by atoms with van der Waals surface area (Å²) in [4.78, 5) is 18.7. The molecule has 0 atom stereocenters. The van der Waals surface area contributed by atoms with E-state index in [1.54, 1.807) is 16.5 Å². The molecule has 158 valence electrons. The summed E-state index contributed by atoms with van der Waals surface area (Å²) in [6.07, 6.45) is -4.06. The Bertz CT molecular complexity index is 1070. The largest absolute Gasteiger partial charge is 0.573 e. The first-order valence-corrected chi connectivity index (χ1v) is 9.17. The van der Waals surface area contributed by atoms with Crippen LogP contribution in [0.5, 0.6) is 5.75 Å². The molecule has 0 radical (unpaired) electrons. The highest BCUT2D eigenvalue weighted by atomic mass is 19.4. The number of benzene rings is 1. The fraction of sp³-hybridized carbons (Fsp3) is 0.368. The molecular formula is C19H18F3N5O3. The standard InChI is InChI=1S/C19H18F3N5O3/c1-11-23-18(30-25-11)17-14-10-27(8-7-15(14)26(2)24-17)16(28)9-12-3-5-13(6-4-12)29-19(20,21)22/h3-6H,7-10H2,1-2H3. The lowest BCUT2D eigenvalue weighted by Crippen LogP contribution is -2.37. The Morgan fingerprint density at radius 1 is 1.27 bits per heavy atom. The molecule has 0 aliphatic carbocycles.